The number of halogens is 1. The summed E-state index contributed by atoms with van der Waals surface area (Å²) >= 11 is 5.89. The van der Waals surface area contributed by atoms with Crippen molar-refractivity contribution in [3.63, 3.8) is 0 Å². The number of aromatic nitrogens is 1. The van der Waals surface area contributed by atoms with E-state index >= 15 is 0 Å². The third kappa shape index (κ3) is 7.52. The van der Waals surface area contributed by atoms with Crippen LogP contribution in [0.25, 0.3) is 0 Å². The monoisotopic (exact) mass is 564 g/mol. The van der Waals surface area contributed by atoms with Crippen molar-refractivity contribution in [1.82, 2.24) is 9.88 Å². The van der Waals surface area contributed by atoms with E-state index in [0.29, 0.717) is 36.8 Å². The van der Waals surface area contributed by atoms with Gasteiger partial charge in [-0.2, -0.15) is 0 Å². The van der Waals surface area contributed by atoms with Crippen LogP contribution >= 0.6 is 11.6 Å². The molecule has 0 saturated heterocycles. The molecular weight excluding hydrogens is 536 g/mol. The molecule has 0 saturated carbocycles. The van der Waals surface area contributed by atoms with Crippen LogP contribution in [-0.2, 0) is 27.5 Å². The Morgan fingerprint density at radius 1 is 0.923 bits per heavy atom. The fourth-order valence-electron chi connectivity index (χ4n) is 4.16. The first-order chi connectivity index (χ1) is 18.8. The molecule has 39 heavy (non-hydrogen) atoms. The molecule has 0 unspecified atom stereocenters. The van der Waals surface area contributed by atoms with Gasteiger partial charge in [0.05, 0.1) is 28.6 Å². The molecule has 0 aliphatic rings. The molecule has 0 fully saturated rings. The largest absolute Gasteiger partial charge is 0.465 e. The van der Waals surface area contributed by atoms with Gasteiger partial charge in [-0.05, 0) is 60.0 Å². The second-order valence-corrected chi connectivity index (χ2v) is 11.4. The first-order valence-electron chi connectivity index (χ1n) is 12.3. The Balaban J connectivity index is 1.44. The zero-order valence-electron chi connectivity index (χ0n) is 21.4. The molecule has 0 bridgehead atoms. The molecule has 1 atom stereocenters. The molecule has 202 valence electrons. The average Bonchev–Trinajstić information content (AvgIpc) is 2.96. The number of aliphatic hydroxyl groups excluding tert-OH is 1. The molecule has 0 spiro atoms. The Labute approximate surface area is 233 Å². The van der Waals surface area contributed by atoms with Crippen LogP contribution in [0.1, 0.15) is 33.2 Å². The number of aliphatic hydroxyl groups is 1. The summed E-state index contributed by atoms with van der Waals surface area (Å²) in [5, 5.41) is 11.2. The lowest BCUT2D eigenvalue weighted by Crippen LogP contribution is -2.30. The fraction of sp³-hybridized carbons (Fsp3) is 0.200. The first-order valence-corrected chi connectivity index (χ1v) is 14.2. The van der Waals surface area contributed by atoms with E-state index in [1.807, 2.05) is 30.3 Å². The Kier molecular flexibility index (Phi) is 9.48. The molecule has 1 heterocycles. The second-order valence-electron chi connectivity index (χ2n) is 9.06. The highest BCUT2D eigenvalue weighted by molar-refractivity contribution is 7.91. The highest BCUT2D eigenvalue weighted by Crippen LogP contribution is 2.23. The predicted molar refractivity (Wildman–Crippen MR) is 149 cm³/mol. The van der Waals surface area contributed by atoms with Crippen LogP contribution in [-0.4, -0.2) is 49.6 Å². The van der Waals surface area contributed by atoms with E-state index in [0.717, 1.165) is 11.1 Å². The van der Waals surface area contributed by atoms with Gasteiger partial charge in [-0.25, -0.2) is 18.2 Å². The van der Waals surface area contributed by atoms with E-state index in [-0.39, 0.29) is 15.4 Å². The molecule has 9 heteroatoms. The molecule has 0 aliphatic carbocycles. The number of esters is 1. The highest BCUT2D eigenvalue weighted by Gasteiger charge is 2.19. The van der Waals surface area contributed by atoms with Gasteiger partial charge in [0, 0.05) is 31.4 Å². The number of hydrogen-bond donors (Lipinski definition) is 1. The summed E-state index contributed by atoms with van der Waals surface area (Å²) in [6, 6.07) is 25.9. The molecule has 0 aliphatic heterocycles. The van der Waals surface area contributed by atoms with Gasteiger partial charge in [0.25, 0.3) is 0 Å². The van der Waals surface area contributed by atoms with Crippen LogP contribution in [0.5, 0.6) is 0 Å². The maximum Gasteiger partial charge on any atom is 0.337 e. The Morgan fingerprint density at radius 2 is 1.56 bits per heavy atom. The topological polar surface area (TPSA) is 96.8 Å². The number of sulfone groups is 1. The third-order valence-corrected chi connectivity index (χ3v) is 8.36. The van der Waals surface area contributed by atoms with Crippen LogP contribution in [0.3, 0.4) is 0 Å². The lowest BCUT2D eigenvalue weighted by Gasteiger charge is -2.25. The smallest absolute Gasteiger partial charge is 0.337 e. The number of rotatable bonds is 11. The first kappa shape index (κ1) is 28.4. The van der Waals surface area contributed by atoms with E-state index in [9.17, 15) is 18.3 Å². The number of methoxy groups -OCH3 is 1. The molecule has 4 rings (SSSR count). The van der Waals surface area contributed by atoms with Gasteiger partial charge in [-0.1, -0.05) is 60.1 Å². The lowest BCUT2D eigenvalue weighted by molar-refractivity contribution is 0.0600. The van der Waals surface area contributed by atoms with Gasteiger partial charge in [0.1, 0.15) is 5.15 Å². The van der Waals surface area contributed by atoms with Crippen LogP contribution in [0.4, 0.5) is 0 Å². The Bertz CT molecular complexity index is 1480. The number of carbonyl (C=O) groups excluding carboxylic acids is 1. The van der Waals surface area contributed by atoms with E-state index < -0.39 is 21.9 Å². The highest BCUT2D eigenvalue weighted by atomic mass is 35.5. The minimum atomic E-state index is -3.74. The SMILES string of the molecule is COC(=O)c1ccc(S(=O)(=O)c2ccc(CCN(Cc3ccccc3)C[C@@H](O)c3ccc(Cl)nc3)cc2)cc1. The molecule has 3 aromatic carbocycles. The van der Waals surface area contributed by atoms with Crippen molar-refractivity contribution in [3.05, 3.63) is 125 Å². The summed E-state index contributed by atoms with van der Waals surface area (Å²) in [6.07, 6.45) is 1.50. The van der Waals surface area contributed by atoms with Crippen LogP contribution < -0.4 is 0 Å². The number of hydrogen-bond acceptors (Lipinski definition) is 7. The molecule has 0 amide bonds. The number of ether oxygens (including phenoxy) is 1. The number of nitrogens with zero attached hydrogens (tertiary/aromatic N) is 2. The van der Waals surface area contributed by atoms with E-state index in [1.54, 1.807) is 42.6 Å². The van der Waals surface area contributed by atoms with Gasteiger partial charge >= 0.3 is 5.97 Å². The fourth-order valence-corrected chi connectivity index (χ4v) is 5.53. The number of pyridine rings is 1. The Morgan fingerprint density at radius 3 is 2.15 bits per heavy atom. The number of benzene rings is 3. The molecule has 4 aromatic rings. The second kappa shape index (κ2) is 13.0. The molecule has 1 aromatic heterocycles. The van der Waals surface area contributed by atoms with Crippen molar-refractivity contribution >= 4 is 27.4 Å². The van der Waals surface area contributed by atoms with Crippen molar-refractivity contribution in [2.45, 2.75) is 28.9 Å². The summed E-state index contributed by atoms with van der Waals surface area (Å²) in [6.45, 7) is 1.69. The van der Waals surface area contributed by atoms with Gasteiger partial charge in [0.2, 0.25) is 9.84 Å². The van der Waals surface area contributed by atoms with Gasteiger partial charge < -0.3 is 9.84 Å². The van der Waals surface area contributed by atoms with Crippen molar-refractivity contribution < 1.29 is 23.1 Å². The number of carbonyl (C=O) groups is 1. The van der Waals surface area contributed by atoms with Crippen LogP contribution in [0, 0.1) is 0 Å². The van der Waals surface area contributed by atoms with E-state index in [4.69, 9.17) is 11.6 Å². The summed E-state index contributed by atoms with van der Waals surface area (Å²) in [4.78, 5) is 18.1. The standard InChI is InChI=1S/C30H29ClN2O5S/c1-38-30(35)24-9-14-27(15-10-24)39(36,37)26-12-7-22(8-13-26)17-18-33(20-23-5-3-2-4-6-23)21-28(34)25-11-16-29(31)32-19-25/h2-16,19,28,34H,17-18,20-21H2,1H3/t28-/m1/s1. The van der Waals surface area contributed by atoms with Crippen LogP contribution in [0.15, 0.2) is 107 Å². The normalized spacial score (nSPS) is 12.3. The van der Waals surface area contributed by atoms with Crippen LogP contribution in [0.2, 0.25) is 5.15 Å². The minimum absolute atomic E-state index is 0.0996. The maximum atomic E-state index is 13.1. The summed E-state index contributed by atoms with van der Waals surface area (Å²) in [5.41, 5.74) is 3.06. The lowest BCUT2D eigenvalue weighted by atomic mass is 10.1. The molecule has 7 nitrogen and oxygen atoms in total. The van der Waals surface area contributed by atoms with Crippen molar-refractivity contribution in [2.24, 2.45) is 0 Å². The van der Waals surface area contributed by atoms with Crippen molar-refractivity contribution in [3.8, 4) is 0 Å². The quantitative estimate of drug-likeness (QED) is 0.199. The van der Waals surface area contributed by atoms with Crippen molar-refractivity contribution in [2.75, 3.05) is 20.2 Å². The molecule has 1 N–H and O–H groups in total. The summed E-state index contributed by atoms with van der Waals surface area (Å²) < 4.78 is 30.8. The Hall–Kier alpha value is -3.56. The minimum Gasteiger partial charge on any atom is -0.465 e. The molecule has 0 radical (unpaired) electrons. The predicted octanol–water partition coefficient (Wildman–Crippen LogP) is 5.13. The van der Waals surface area contributed by atoms with Gasteiger partial charge in [0.15, 0.2) is 0 Å². The van der Waals surface area contributed by atoms with Crippen molar-refractivity contribution in [1.29, 1.82) is 0 Å². The van der Waals surface area contributed by atoms with Gasteiger partial charge in [-0.15, -0.1) is 0 Å². The summed E-state index contributed by atoms with van der Waals surface area (Å²) in [7, 11) is -2.46. The summed E-state index contributed by atoms with van der Waals surface area (Å²) in [5.74, 6) is -0.526. The van der Waals surface area contributed by atoms with E-state index in [2.05, 4.69) is 14.6 Å². The zero-order chi connectivity index (χ0) is 27.8. The third-order valence-electron chi connectivity index (χ3n) is 6.35. The average molecular weight is 565 g/mol. The zero-order valence-corrected chi connectivity index (χ0v) is 23.0. The molecular formula is C30H29ClN2O5S. The van der Waals surface area contributed by atoms with E-state index in [1.165, 1.54) is 31.4 Å². The maximum absolute atomic E-state index is 13.1. The van der Waals surface area contributed by atoms with Gasteiger partial charge in [-0.3, -0.25) is 4.90 Å².